The molecule has 0 saturated heterocycles. The number of hydrogen-bond donors (Lipinski definition) is 0. The summed E-state index contributed by atoms with van der Waals surface area (Å²) in [5.41, 5.74) is 1.59. The molecule has 0 aliphatic carbocycles. The Labute approximate surface area is 146 Å². The zero-order valence-electron chi connectivity index (χ0n) is 14.5. The Morgan fingerprint density at radius 1 is 1.20 bits per heavy atom. The van der Waals surface area contributed by atoms with Crippen molar-refractivity contribution in [3.8, 4) is 5.75 Å². The van der Waals surface area contributed by atoms with Crippen molar-refractivity contribution in [2.45, 2.75) is 6.92 Å². The average molecular weight is 347 g/mol. The van der Waals surface area contributed by atoms with Crippen molar-refractivity contribution in [2.75, 3.05) is 39.1 Å². The number of anilines is 1. The number of para-hydroxylation sites is 2. The van der Waals surface area contributed by atoms with Gasteiger partial charge in [0.1, 0.15) is 24.8 Å². The largest absolute Gasteiger partial charge is 0.487 e. The maximum Gasteiger partial charge on any atom is 0.355 e. The number of benzene rings is 1. The van der Waals surface area contributed by atoms with E-state index < -0.39 is 11.9 Å². The van der Waals surface area contributed by atoms with Gasteiger partial charge < -0.3 is 23.8 Å². The minimum atomic E-state index is -0.654. The van der Waals surface area contributed by atoms with E-state index in [1.165, 1.54) is 19.1 Å². The Bertz CT molecular complexity index is 709. The lowest BCUT2D eigenvalue weighted by molar-refractivity contribution is -0.140. The molecular weight excluding hydrogens is 326 g/mol. The van der Waals surface area contributed by atoms with E-state index in [0.717, 1.165) is 5.57 Å². The minimum absolute atomic E-state index is 0.0393. The number of ether oxygens (including phenoxy) is 4. The Hall–Kier alpha value is -2.80. The second kappa shape index (κ2) is 8.34. The molecule has 0 bridgehead atoms. The number of carbonyl (C=O) groups is 2. The lowest BCUT2D eigenvalue weighted by Gasteiger charge is -2.32. The smallest absolute Gasteiger partial charge is 0.355 e. The Morgan fingerprint density at radius 2 is 1.88 bits per heavy atom. The van der Waals surface area contributed by atoms with Crippen molar-refractivity contribution in [3.63, 3.8) is 0 Å². The van der Waals surface area contributed by atoms with Crippen LogP contribution in [0.1, 0.15) is 6.92 Å². The van der Waals surface area contributed by atoms with Crippen LogP contribution in [0.3, 0.4) is 0 Å². The van der Waals surface area contributed by atoms with E-state index in [4.69, 9.17) is 18.9 Å². The zero-order chi connectivity index (χ0) is 18.4. The normalized spacial score (nSPS) is 14.1. The summed E-state index contributed by atoms with van der Waals surface area (Å²) in [4.78, 5) is 25.9. The molecule has 0 radical (unpaired) electrons. The first-order chi connectivity index (χ1) is 12.0. The predicted octanol–water partition coefficient (Wildman–Crippen LogP) is 2.04. The molecule has 0 atom stereocenters. The molecule has 0 N–H and O–H groups in total. The van der Waals surface area contributed by atoms with Gasteiger partial charge in [-0.1, -0.05) is 18.7 Å². The maximum atomic E-state index is 12.3. The molecule has 0 unspecified atom stereocenters. The molecule has 0 aromatic heterocycles. The average Bonchev–Trinajstić information content (AvgIpc) is 2.64. The van der Waals surface area contributed by atoms with Crippen LogP contribution in [0.25, 0.3) is 0 Å². The molecule has 1 aliphatic rings. The van der Waals surface area contributed by atoms with Crippen LogP contribution in [0.2, 0.25) is 0 Å². The summed E-state index contributed by atoms with van der Waals surface area (Å²) in [6.07, 6.45) is 0. The number of nitrogens with zero attached hydrogens (tertiary/aromatic N) is 1. The molecule has 134 valence electrons. The van der Waals surface area contributed by atoms with Crippen molar-refractivity contribution in [2.24, 2.45) is 0 Å². The van der Waals surface area contributed by atoms with Crippen LogP contribution in [-0.2, 0) is 23.8 Å². The van der Waals surface area contributed by atoms with Gasteiger partial charge in [0, 0.05) is 0 Å². The monoisotopic (exact) mass is 347 g/mol. The van der Waals surface area contributed by atoms with E-state index >= 15 is 0 Å². The summed E-state index contributed by atoms with van der Waals surface area (Å²) < 4.78 is 20.8. The van der Waals surface area contributed by atoms with Crippen LogP contribution in [0.4, 0.5) is 5.69 Å². The van der Waals surface area contributed by atoms with E-state index in [9.17, 15) is 9.59 Å². The van der Waals surface area contributed by atoms with Gasteiger partial charge in [-0.05, 0) is 24.6 Å². The van der Waals surface area contributed by atoms with Crippen molar-refractivity contribution in [3.05, 3.63) is 47.7 Å². The molecule has 1 aromatic carbocycles. The van der Waals surface area contributed by atoms with Crippen LogP contribution < -0.4 is 9.64 Å². The first kappa shape index (κ1) is 18.5. The van der Waals surface area contributed by atoms with Gasteiger partial charge in [0.2, 0.25) is 0 Å². The molecule has 1 aliphatic heterocycles. The quantitative estimate of drug-likeness (QED) is 0.576. The zero-order valence-corrected chi connectivity index (χ0v) is 14.5. The SMILES string of the molecule is C=C(C)COc1ccccc1N1COCC(C(=O)OC)=C1C(=O)OC. The lowest BCUT2D eigenvalue weighted by Crippen LogP contribution is -2.39. The van der Waals surface area contributed by atoms with Crippen LogP contribution >= 0.6 is 0 Å². The van der Waals surface area contributed by atoms with Crippen molar-refractivity contribution in [1.29, 1.82) is 0 Å². The van der Waals surface area contributed by atoms with E-state index in [1.807, 2.05) is 13.0 Å². The third-order valence-electron chi connectivity index (χ3n) is 3.46. The van der Waals surface area contributed by atoms with Gasteiger partial charge in [-0.2, -0.15) is 0 Å². The maximum absolute atomic E-state index is 12.3. The van der Waals surface area contributed by atoms with Gasteiger partial charge in [0.05, 0.1) is 32.1 Å². The molecule has 0 saturated carbocycles. The highest BCUT2D eigenvalue weighted by Crippen LogP contribution is 2.34. The van der Waals surface area contributed by atoms with Gasteiger partial charge >= 0.3 is 11.9 Å². The summed E-state index contributed by atoms with van der Waals surface area (Å²) in [6, 6.07) is 7.13. The molecule has 0 fully saturated rings. The van der Waals surface area contributed by atoms with Crippen LogP contribution in [0.15, 0.2) is 47.7 Å². The summed E-state index contributed by atoms with van der Waals surface area (Å²) in [7, 11) is 2.49. The molecule has 7 heteroatoms. The third kappa shape index (κ3) is 4.19. The molecule has 1 aromatic rings. The van der Waals surface area contributed by atoms with Crippen LogP contribution in [-0.4, -0.2) is 46.1 Å². The standard InChI is InChI=1S/C18H21NO6/c1-12(2)9-25-15-8-6-5-7-14(15)19-11-24-10-13(17(20)22-3)16(19)18(21)23-4/h5-8H,1,9-11H2,2-4H3. The Balaban J connectivity index is 2.51. The van der Waals surface area contributed by atoms with E-state index in [-0.39, 0.29) is 24.6 Å². The summed E-state index contributed by atoms with van der Waals surface area (Å²) in [6.45, 7) is 6.01. The van der Waals surface area contributed by atoms with Gasteiger partial charge in [0.25, 0.3) is 0 Å². The van der Waals surface area contributed by atoms with Crippen molar-refractivity contribution >= 4 is 17.6 Å². The number of carbonyl (C=O) groups excluding carboxylic acids is 2. The second-order valence-corrected chi connectivity index (χ2v) is 5.43. The lowest BCUT2D eigenvalue weighted by atomic mass is 10.1. The first-order valence-corrected chi connectivity index (χ1v) is 7.60. The molecular formula is C18H21NO6. The highest BCUT2D eigenvalue weighted by molar-refractivity contribution is 6.03. The fourth-order valence-electron chi connectivity index (χ4n) is 2.34. The number of hydrogen-bond acceptors (Lipinski definition) is 7. The predicted molar refractivity (Wildman–Crippen MR) is 91.1 cm³/mol. The second-order valence-electron chi connectivity index (χ2n) is 5.43. The molecule has 7 nitrogen and oxygen atoms in total. The van der Waals surface area contributed by atoms with E-state index in [2.05, 4.69) is 6.58 Å². The Kier molecular flexibility index (Phi) is 6.19. The summed E-state index contributed by atoms with van der Waals surface area (Å²) in [5.74, 6) is -0.773. The first-order valence-electron chi connectivity index (χ1n) is 7.60. The highest BCUT2D eigenvalue weighted by Gasteiger charge is 2.33. The van der Waals surface area contributed by atoms with Crippen molar-refractivity contribution < 1.29 is 28.5 Å². The van der Waals surface area contributed by atoms with Crippen LogP contribution in [0.5, 0.6) is 5.75 Å². The molecule has 25 heavy (non-hydrogen) atoms. The molecule has 2 rings (SSSR count). The van der Waals surface area contributed by atoms with E-state index in [0.29, 0.717) is 18.0 Å². The molecule has 0 amide bonds. The molecule has 1 heterocycles. The van der Waals surface area contributed by atoms with Gasteiger partial charge in [-0.25, -0.2) is 9.59 Å². The summed E-state index contributed by atoms with van der Waals surface area (Å²) in [5, 5.41) is 0. The summed E-state index contributed by atoms with van der Waals surface area (Å²) >= 11 is 0. The number of methoxy groups -OCH3 is 2. The van der Waals surface area contributed by atoms with Crippen LogP contribution in [0, 0.1) is 0 Å². The highest BCUT2D eigenvalue weighted by atomic mass is 16.5. The Morgan fingerprint density at radius 3 is 2.52 bits per heavy atom. The van der Waals surface area contributed by atoms with Gasteiger partial charge in [-0.15, -0.1) is 0 Å². The topological polar surface area (TPSA) is 74.3 Å². The third-order valence-corrected chi connectivity index (χ3v) is 3.46. The fourth-order valence-corrected chi connectivity index (χ4v) is 2.34. The minimum Gasteiger partial charge on any atom is -0.487 e. The fraction of sp³-hybridized carbons (Fsp3) is 0.333. The number of rotatable bonds is 6. The van der Waals surface area contributed by atoms with E-state index in [1.54, 1.807) is 18.2 Å². The molecule has 0 spiro atoms. The number of esters is 2. The van der Waals surface area contributed by atoms with Gasteiger partial charge in [0.15, 0.2) is 0 Å². The van der Waals surface area contributed by atoms with Gasteiger partial charge in [-0.3, -0.25) is 0 Å². The van der Waals surface area contributed by atoms with Crippen molar-refractivity contribution in [1.82, 2.24) is 0 Å².